The number of carboxylic acids is 1. The van der Waals surface area contributed by atoms with Crippen LogP contribution in [0.3, 0.4) is 0 Å². The molecule has 0 aliphatic carbocycles. The third-order valence-corrected chi connectivity index (χ3v) is 6.22. The lowest BCUT2D eigenvalue weighted by Gasteiger charge is -2.38. The van der Waals surface area contributed by atoms with Crippen LogP contribution in [0.15, 0.2) is 53.8 Å². The minimum atomic E-state index is -2.02. The maximum Gasteiger partial charge on any atom is 0.335 e. The van der Waals surface area contributed by atoms with Crippen LogP contribution < -0.4 is 14.8 Å². The largest absolute Gasteiger partial charge is 0.484 e. The summed E-state index contributed by atoms with van der Waals surface area (Å²) in [7, 11) is 1.74. The first-order chi connectivity index (χ1) is 18.9. The minimum absolute atomic E-state index is 0.270. The molecular weight excluding hydrogens is 462 g/mol. The molecule has 5 unspecified atom stereocenters. The smallest absolute Gasteiger partial charge is 0.335 e. The highest BCUT2D eigenvalue weighted by Crippen LogP contribution is 2.38. The maximum absolute atomic E-state index is 11.5. The molecule has 0 saturated carbocycles. The maximum atomic E-state index is 11.5. The zero-order valence-corrected chi connectivity index (χ0v) is 18.8. The van der Waals surface area contributed by atoms with Gasteiger partial charge in [0.05, 0.1) is 8.22 Å². The van der Waals surface area contributed by atoms with E-state index in [1.165, 1.54) is 11.3 Å². The van der Waals surface area contributed by atoms with Gasteiger partial charge in [-0.05, 0) is 37.1 Å². The summed E-state index contributed by atoms with van der Waals surface area (Å²) in [6.07, 6.45) is -10.3. The van der Waals surface area contributed by atoms with E-state index in [4.69, 9.17) is 22.4 Å². The van der Waals surface area contributed by atoms with Gasteiger partial charge in [0.15, 0.2) is 6.10 Å². The van der Waals surface area contributed by atoms with E-state index >= 15 is 0 Å². The summed E-state index contributed by atoms with van der Waals surface area (Å²) in [6.45, 7) is 0.510. The van der Waals surface area contributed by atoms with Crippen molar-refractivity contribution in [3.05, 3.63) is 58.6 Å². The first-order valence-electron chi connectivity index (χ1n) is 13.4. The van der Waals surface area contributed by atoms with Crippen molar-refractivity contribution in [1.29, 1.82) is 0 Å². The Morgan fingerprint density at radius 3 is 2.50 bits per heavy atom. The lowest BCUT2D eigenvalue weighted by molar-refractivity contribution is -0.270. The third-order valence-electron chi connectivity index (χ3n) is 5.26. The number of carbonyl (C=O) groups is 1. The van der Waals surface area contributed by atoms with Crippen molar-refractivity contribution in [2.75, 3.05) is 13.6 Å². The number of rotatable bonds is 9. The molecule has 5 N–H and O–H groups in total. The van der Waals surface area contributed by atoms with Crippen LogP contribution in [0.5, 0.6) is 11.5 Å². The van der Waals surface area contributed by atoms with Gasteiger partial charge in [0.1, 0.15) is 35.9 Å². The van der Waals surface area contributed by atoms with E-state index < -0.39 is 84.8 Å². The average Bonchev–Trinajstić information content (AvgIpc) is 3.46. The number of benzene rings is 2. The van der Waals surface area contributed by atoms with Gasteiger partial charge in [-0.3, -0.25) is 0 Å². The van der Waals surface area contributed by atoms with Crippen molar-refractivity contribution in [2.24, 2.45) is 0 Å². The Morgan fingerprint density at radius 1 is 1.15 bits per heavy atom. The Hall–Kier alpha value is -2.73. The molecule has 1 fully saturated rings. The van der Waals surface area contributed by atoms with Crippen molar-refractivity contribution in [3.63, 3.8) is 0 Å². The standard InChI is InChI=1S/C24H27NO8S/c1-25-11-10-17(18-7-4-12-34-18)31-15-8-9-16(14-6-3-2-5-13(14)15)32-24-21(28)19(26)20(27)22(33-24)23(29)30/h2-9,12,17,19-22,24-28H,10-11H2,1H3,(H,29,30)/t17-,19?,20?,21?,22?,24?/m0/s1/i2D,3D,5D,6D,8D,9D. The fourth-order valence-corrected chi connectivity index (χ4v) is 4.27. The van der Waals surface area contributed by atoms with Crippen molar-refractivity contribution in [3.8, 4) is 11.5 Å². The van der Waals surface area contributed by atoms with E-state index in [-0.39, 0.29) is 16.5 Å². The van der Waals surface area contributed by atoms with Crippen LogP contribution in [0.2, 0.25) is 0 Å². The first-order valence-corrected chi connectivity index (χ1v) is 11.3. The van der Waals surface area contributed by atoms with Crippen molar-refractivity contribution in [2.45, 2.75) is 43.2 Å². The minimum Gasteiger partial charge on any atom is -0.484 e. The molecule has 2 heterocycles. The third kappa shape index (κ3) is 5.02. The molecule has 0 bridgehead atoms. The number of aliphatic hydroxyl groups is 3. The molecule has 3 aromatic rings. The van der Waals surface area contributed by atoms with Crippen LogP contribution in [0.1, 0.15) is 25.6 Å². The van der Waals surface area contributed by atoms with Crippen LogP contribution in [-0.4, -0.2) is 70.7 Å². The van der Waals surface area contributed by atoms with Gasteiger partial charge in [-0.1, -0.05) is 30.2 Å². The molecule has 1 aliphatic heterocycles. The second-order valence-electron chi connectivity index (χ2n) is 7.53. The number of aliphatic hydroxyl groups excluding tert-OH is 3. The van der Waals surface area contributed by atoms with Crippen LogP contribution in [-0.2, 0) is 9.53 Å². The number of carboxylic acid groups (broad SMARTS) is 1. The summed E-state index contributed by atoms with van der Waals surface area (Å²) in [5, 5.41) is 44.2. The molecule has 182 valence electrons. The number of ether oxygens (including phenoxy) is 3. The molecular formula is C24H27NO8S. The molecule has 34 heavy (non-hydrogen) atoms. The molecule has 1 aliphatic rings. The fraction of sp³-hybridized carbons (Fsp3) is 0.375. The molecule has 2 aromatic carbocycles. The Morgan fingerprint density at radius 2 is 1.85 bits per heavy atom. The summed E-state index contributed by atoms with van der Waals surface area (Å²) >= 11 is 1.39. The quantitative estimate of drug-likeness (QED) is 0.301. The van der Waals surface area contributed by atoms with Gasteiger partial charge in [-0.25, -0.2) is 4.79 Å². The molecule has 9 nitrogen and oxygen atoms in total. The van der Waals surface area contributed by atoms with Crippen molar-refractivity contribution in [1.82, 2.24) is 5.32 Å². The summed E-state index contributed by atoms with van der Waals surface area (Å²) in [5.74, 6) is -2.59. The van der Waals surface area contributed by atoms with Crippen molar-refractivity contribution >= 4 is 28.1 Å². The number of fused-ring (bicyclic) bond motifs is 1. The Bertz CT molecular complexity index is 1410. The predicted molar refractivity (Wildman–Crippen MR) is 125 cm³/mol. The SMILES string of the molecule is [2H]c1c([2H])c([2H])c2c(O[C@@H](CCNC)c3cccs3)c([2H])c([2H])c(OC3OC(C(=O)O)C(O)C(O)C3O)c2c1[2H]. The highest BCUT2D eigenvalue weighted by atomic mass is 32.1. The van der Waals surface area contributed by atoms with Crippen LogP contribution >= 0.6 is 11.3 Å². The lowest BCUT2D eigenvalue weighted by Crippen LogP contribution is -2.61. The zero-order chi connectivity index (χ0) is 29.5. The van der Waals surface area contributed by atoms with Gasteiger partial charge in [0, 0.05) is 22.1 Å². The van der Waals surface area contributed by atoms with E-state index in [2.05, 4.69) is 5.32 Å². The summed E-state index contributed by atoms with van der Waals surface area (Å²) in [5.41, 5.74) is 0. The van der Waals surface area contributed by atoms with Crippen LogP contribution in [0, 0.1) is 0 Å². The van der Waals surface area contributed by atoms with Crippen LogP contribution in [0.4, 0.5) is 0 Å². The highest BCUT2D eigenvalue weighted by Gasteiger charge is 2.48. The van der Waals surface area contributed by atoms with Gasteiger partial charge in [0.25, 0.3) is 0 Å². The number of thiophene rings is 1. The fourth-order valence-electron chi connectivity index (χ4n) is 3.49. The van der Waals surface area contributed by atoms with E-state index in [0.29, 0.717) is 13.0 Å². The first kappa shape index (κ1) is 17.7. The number of nitrogens with one attached hydrogen (secondary N) is 1. The molecule has 0 amide bonds. The molecule has 4 rings (SSSR count). The van der Waals surface area contributed by atoms with E-state index in [1.807, 2.05) is 11.4 Å². The normalized spacial score (nSPS) is 28.2. The van der Waals surface area contributed by atoms with Crippen LogP contribution in [0.25, 0.3) is 10.8 Å². The zero-order valence-electron chi connectivity index (χ0n) is 23.9. The number of hydrogen-bond donors (Lipinski definition) is 5. The predicted octanol–water partition coefficient (Wildman–Crippen LogP) is 1.90. The Kier molecular flexibility index (Phi) is 5.55. The summed E-state index contributed by atoms with van der Waals surface area (Å²) in [6, 6.07) is -0.217. The summed E-state index contributed by atoms with van der Waals surface area (Å²) < 4.78 is 67.8. The number of aliphatic carboxylic acids is 1. The molecule has 0 radical (unpaired) electrons. The molecule has 1 aromatic heterocycles. The highest BCUT2D eigenvalue weighted by molar-refractivity contribution is 7.10. The van der Waals surface area contributed by atoms with Gasteiger partial charge in [0.2, 0.25) is 6.29 Å². The molecule has 1 saturated heterocycles. The van der Waals surface area contributed by atoms with E-state index in [0.717, 1.165) is 4.88 Å². The molecule has 10 heteroatoms. The Balaban J connectivity index is 1.91. The molecule has 6 atom stereocenters. The monoisotopic (exact) mass is 495 g/mol. The van der Waals surface area contributed by atoms with Crippen molar-refractivity contribution < 1.29 is 47.7 Å². The number of hydrogen-bond acceptors (Lipinski definition) is 9. The van der Waals surface area contributed by atoms with Gasteiger partial charge >= 0.3 is 5.97 Å². The lowest BCUT2D eigenvalue weighted by atomic mass is 9.99. The molecule has 0 spiro atoms. The van der Waals surface area contributed by atoms with Gasteiger partial charge in [-0.2, -0.15) is 0 Å². The van der Waals surface area contributed by atoms with E-state index in [1.54, 1.807) is 13.1 Å². The van der Waals surface area contributed by atoms with E-state index in [9.17, 15) is 25.2 Å². The average molecular weight is 496 g/mol. The summed E-state index contributed by atoms with van der Waals surface area (Å²) in [4.78, 5) is 12.3. The second kappa shape index (κ2) is 10.7. The topological polar surface area (TPSA) is 138 Å². The van der Waals surface area contributed by atoms with Gasteiger partial charge in [-0.15, -0.1) is 11.3 Å². The van der Waals surface area contributed by atoms with Gasteiger partial charge < -0.3 is 40.0 Å². The Labute approximate surface area is 208 Å². The second-order valence-corrected chi connectivity index (χ2v) is 8.50.